The first kappa shape index (κ1) is 15.0. The van der Waals surface area contributed by atoms with Gasteiger partial charge in [0, 0.05) is 11.1 Å². The third kappa shape index (κ3) is 3.38. The number of hydrogen-bond acceptors (Lipinski definition) is 3. The molecule has 0 spiro atoms. The number of anilines is 1. The van der Waals surface area contributed by atoms with Crippen LogP contribution in [0.1, 0.15) is 18.5 Å². The normalized spacial score (nSPS) is 12.0. The van der Waals surface area contributed by atoms with Gasteiger partial charge >= 0.3 is 0 Å². The van der Waals surface area contributed by atoms with E-state index in [-0.39, 0.29) is 11.8 Å². The highest BCUT2D eigenvalue weighted by molar-refractivity contribution is 9.10. The van der Waals surface area contributed by atoms with E-state index in [4.69, 9.17) is 16.3 Å². The Morgan fingerprint density at radius 2 is 2.05 bits per heavy atom. The number of hydrogen-bond donors (Lipinski definition) is 2. The summed E-state index contributed by atoms with van der Waals surface area (Å²) in [6.07, 6.45) is 0. The van der Waals surface area contributed by atoms with Crippen LogP contribution in [0.4, 0.5) is 5.69 Å². The summed E-state index contributed by atoms with van der Waals surface area (Å²) in [5, 5.41) is 13.5. The maximum absolute atomic E-state index is 9.54. The van der Waals surface area contributed by atoms with Gasteiger partial charge in [-0.15, -0.1) is 0 Å². The third-order valence-corrected chi connectivity index (χ3v) is 3.76. The molecule has 2 aromatic rings. The lowest BCUT2D eigenvalue weighted by atomic mass is 10.1. The van der Waals surface area contributed by atoms with Crippen LogP contribution < -0.4 is 10.1 Å². The van der Waals surface area contributed by atoms with Gasteiger partial charge in [0.05, 0.1) is 17.3 Å². The summed E-state index contributed by atoms with van der Waals surface area (Å²) in [4.78, 5) is 0. The Kier molecular flexibility index (Phi) is 4.78. The lowest BCUT2D eigenvalue weighted by Gasteiger charge is -2.19. The quantitative estimate of drug-likeness (QED) is 0.811. The van der Waals surface area contributed by atoms with E-state index in [1.165, 1.54) is 0 Å². The molecule has 0 bridgehead atoms. The average Bonchev–Trinajstić information content (AvgIpc) is 2.38. The number of benzene rings is 2. The van der Waals surface area contributed by atoms with Crippen molar-refractivity contribution >= 4 is 33.2 Å². The molecule has 0 amide bonds. The monoisotopic (exact) mass is 355 g/mol. The summed E-state index contributed by atoms with van der Waals surface area (Å²) in [5.41, 5.74) is 1.77. The van der Waals surface area contributed by atoms with Crippen LogP contribution >= 0.6 is 27.5 Å². The van der Waals surface area contributed by atoms with Crippen molar-refractivity contribution in [2.24, 2.45) is 0 Å². The number of halogens is 2. The first-order chi connectivity index (χ1) is 9.51. The van der Waals surface area contributed by atoms with Gasteiger partial charge in [0.25, 0.3) is 0 Å². The van der Waals surface area contributed by atoms with Crippen LogP contribution in [0.2, 0.25) is 5.02 Å². The molecule has 1 unspecified atom stereocenters. The van der Waals surface area contributed by atoms with E-state index in [1.807, 2.05) is 25.1 Å². The minimum absolute atomic E-state index is 0.00127. The second-order valence-electron chi connectivity index (χ2n) is 4.43. The summed E-state index contributed by atoms with van der Waals surface area (Å²) < 4.78 is 6.16. The van der Waals surface area contributed by atoms with Crippen molar-refractivity contribution in [1.82, 2.24) is 0 Å². The SMILES string of the molecule is COc1c(Br)cc(Cl)cc1NC(C)c1cccc(O)c1. The van der Waals surface area contributed by atoms with Crippen molar-refractivity contribution in [1.29, 1.82) is 0 Å². The van der Waals surface area contributed by atoms with Gasteiger partial charge in [-0.3, -0.25) is 0 Å². The smallest absolute Gasteiger partial charge is 0.156 e. The second-order valence-corrected chi connectivity index (χ2v) is 5.72. The molecule has 1 atom stereocenters. The molecular weight excluding hydrogens is 342 g/mol. The predicted molar refractivity (Wildman–Crippen MR) is 85.8 cm³/mol. The number of nitrogens with one attached hydrogen (secondary N) is 1. The van der Waals surface area contributed by atoms with Crippen molar-refractivity contribution in [3.8, 4) is 11.5 Å². The van der Waals surface area contributed by atoms with Crippen LogP contribution in [-0.4, -0.2) is 12.2 Å². The van der Waals surface area contributed by atoms with Crippen LogP contribution in [0.5, 0.6) is 11.5 Å². The maximum Gasteiger partial charge on any atom is 0.156 e. The van der Waals surface area contributed by atoms with Crippen LogP contribution in [0, 0.1) is 0 Å². The van der Waals surface area contributed by atoms with E-state index in [1.54, 1.807) is 25.3 Å². The highest BCUT2D eigenvalue weighted by atomic mass is 79.9. The molecule has 0 heterocycles. The first-order valence-electron chi connectivity index (χ1n) is 6.09. The summed E-state index contributed by atoms with van der Waals surface area (Å²) in [5.74, 6) is 0.941. The number of ether oxygens (including phenoxy) is 1. The number of phenolic OH excluding ortho intramolecular Hbond substituents is 1. The highest BCUT2D eigenvalue weighted by Gasteiger charge is 2.13. The minimum atomic E-state index is 0.00127. The molecular formula is C15H15BrClNO2. The number of rotatable bonds is 4. The van der Waals surface area contributed by atoms with Gasteiger partial charge in [0.2, 0.25) is 0 Å². The zero-order valence-electron chi connectivity index (χ0n) is 11.2. The zero-order valence-corrected chi connectivity index (χ0v) is 13.5. The van der Waals surface area contributed by atoms with Crippen molar-refractivity contribution in [2.75, 3.05) is 12.4 Å². The van der Waals surface area contributed by atoms with Crippen molar-refractivity contribution in [2.45, 2.75) is 13.0 Å². The fourth-order valence-corrected chi connectivity index (χ4v) is 2.96. The molecule has 0 saturated carbocycles. The van der Waals surface area contributed by atoms with E-state index in [2.05, 4.69) is 21.2 Å². The highest BCUT2D eigenvalue weighted by Crippen LogP contribution is 2.38. The third-order valence-electron chi connectivity index (χ3n) is 2.95. The summed E-state index contributed by atoms with van der Waals surface area (Å²) in [6, 6.07) is 10.7. The Morgan fingerprint density at radius 1 is 1.30 bits per heavy atom. The van der Waals surface area contributed by atoms with Gasteiger partial charge < -0.3 is 15.2 Å². The molecule has 106 valence electrons. The Hall–Kier alpha value is -1.39. The van der Waals surface area contributed by atoms with Crippen molar-refractivity contribution in [3.63, 3.8) is 0 Å². The first-order valence-corrected chi connectivity index (χ1v) is 7.27. The molecule has 0 saturated heterocycles. The van der Waals surface area contributed by atoms with Gasteiger partial charge in [-0.1, -0.05) is 23.7 Å². The van der Waals surface area contributed by atoms with Crippen LogP contribution in [0.3, 0.4) is 0 Å². The molecule has 2 aromatic carbocycles. The molecule has 3 nitrogen and oxygen atoms in total. The lowest BCUT2D eigenvalue weighted by Crippen LogP contribution is -2.07. The average molecular weight is 357 g/mol. The van der Waals surface area contributed by atoms with Gasteiger partial charge in [-0.05, 0) is 52.7 Å². The van der Waals surface area contributed by atoms with Crippen LogP contribution in [0.25, 0.3) is 0 Å². The van der Waals surface area contributed by atoms with Crippen molar-refractivity contribution < 1.29 is 9.84 Å². The van der Waals surface area contributed by atoms with E-state index >= 15 is 0 Å². The van der Waals surface area contributed by atoms with Gasteiger partial charge in [0.15, 0.2) is 5.75 Å². The molecule has 0 aliphatic heterocycles. The summed E-state index contributed by atoms with van der Waals surface area (Å²) >= 11 is 9.49. The number of methoxy groups -OCH3 is 1. The molecule has 5 heteroatoms. The molecule has 20 heavy (non-hydrogen) atoms. The Labute approximate surface area is 131 Å². The Balaban J connectivity index is 2.30. The maximum atomic E-state index is 9.54. The van der Waals surface area contributed by atoms with Crippen LogP contribution in [0.15, 0.2) is 40.9 Å². The van der Waals surface area contributed by atoms with Gasteiger partial charge in [0.1, 0.15) is 5.75 Å². The number of aromatic hydroxyl groups is 1. The van der Waals surface area contributed by atoms with Gasteiger partial charge in [-0.25, -0.2) is 0 Å². The largest absolute Gasteiger partial charge is 0.508 e. The second kappa shape index (κ2) is 6.37. The fourth-order valence-electron chi connectivity index (χ4n) is 1.99. The van der Waals surface area contributed by atoms with Crippen molar-refractivity contribution in [3.05, 3.63) is 51.5 Å². The topological polar surface area (TPSA) is 41.5 Å². The fraction of sp³-hybridized carbons (Fsp3) is 0.200. The Morgan fingerprint density at radius 3 is 2.70 bits per heavy atom. The van der Waals surface area contributed by atoms with E-state index in [0.29, 0.717) is 10.8 Å². The molecule has 0 aliphatic rings. The Bertz CT molecular complexity index is 619. The minimum Gasteiger partial charge on any atom is -0.508 e. The van der Waals surface area contributed by atoms with E-state index < -0.39 is 0 Å². The summed E-state index contributed by atoms with van der Waals surface area (Å²) in [7, 11) is 1.61. The molecule has 2 rings (SSSR count). The molecule has 0 fully saturated rings. The summed E-state index contributed by atoms with van der Waals surface area (Å²) in [6.45, 7) is 2.00. The lowest BCUT2D eigenvalue weighted by molar-refractivity contribution is 0.413. The van der Waals surface area contributed by atoms with E-state index in [9.17, 15) is 5.11 Å². The zero-order chi connectivity index (χ0) is 14.7. The predicted octanol–water partition coefficient (Wildman–Crippen LogP) is 4.99. The van der Waals surface area contributed by atoms with Gasteiger partial charge in [-0.2, -0.15) is 0 Å². The molecule has 2 N–H and O–H groups in total. The molecule has 0 radical (unpaired) electrons. The van der Waals surface area contributed by atoms with E-state index in [0.717, 1.165) is 15.7 Å². The number of phenols is 1. The molecule has 0 aromatic heterocycles. The standard InChI is InChI=1S/C15H15BrClNO2/c1-9(10-4-3-5-12(19)6-10)18-14-8-11(17)7-13(16)15(14)20-2/h3-9,18-19H,1-2H3. The van der Waals surface area contributed by atoms with Crippen LogP contribution in [-0.2, 0) is 0 Å². The molecule has 0 aliphatic carbocycles.